The molecule has 17 heavy (non-hydrogen) atoms. The molecular formula is C12H10Br2FNO. The third-order valence-corrected chi connectivity index (χ3v) is 3.81. The van der Waals surface area contributed by atoms with Gasteiger partial charge in [-0.15, -0.1) is 0 Å². The van der Waals surface area contributed by atoms with E-state index in [4.69, 9.17) is 4.42 Å². The Hall–Kier alpha value is -0.650. The van der Waals surface area contributed by atoms with Gasteiger partial charge in [-0.2, -0.15) is 0 Å². The monoisotopic (exact) mass is 361 g/mol. The van der Waals surface area contributed by atoms with E-state index in [1.165, 1.54) is 12.1 Å². The zero-order valence-corrected chi connectivity index (χ0v) is 12.2. The smallest absolute Gasteiger partial charge is 0.139 e. The molecule has 0 aliphatic heterocycles. The molecule has 0 spiro atoms. The Morgan fingerprint density at radius 1 is 1.24 bits per heavy atom. The molecule has 0 bridgehead atoms. The van der Waals surface area contributed by atoms with E-state index >= 15 is 0 Å². The van der Waals surface area contributed by atoms with Crippen molar-refractivity contribution < 1.29 is 8.81 Å². The highest BCUT2D eigenvalue weighted by atomic mass is 79.9. The van der Waals surface area contributed by atoms with E-state index in [9.17, 15) is 4.39 Å². The fourth-order valence-electron chi connectivity index (χ4n) is 1.67. The van der Waals surface area contributed by atoms with Crippen molar-refractivity contribution in [2.24, 2.45) is 0 Å². The van der Waals surface area contributed by atoms with Gasteiger partial charge in [0.05, 0.1) is 16.8 Å². The van der Waals surface area contributed by atoms with Gasteiger partial charge in [0.25, 0.3) is 0 Å². The predicted octanol–water partition coefficient (Wildman–Crippen LogP) is 4.25. The lowest BCUT2D eigenvalue weighted by atomic mass is 10.0. The molecule has 0 radical (unpaired) electrons. The van der Waals surface area contributed by atoms with Crippen LogP contribution in [0, 0.1) is 5.82 Å². The Balaban J connectivity index is 2.46. The van der Waals surface area contributed by atoms with E-state index in [0.29, 0.717) is 4.47 Å². The molecule has 1 aromatic carbocycles. The molecule has 2 aromatic rings. The number of hydrogen-bond donors (Lipinski definition) is 1. The zero-order valence-electron chi connectivity index (χ0n) is 9.01. The standard InChI is InChI=1S/C12H10Br2FNO/c1-16-11(12-9(13)4-5-17-12)8-3-2-7(15)6-10(8)14/h2-6,11,16H,1H3. The van der Waals surface area contributed by atoms with Gasteiger partial charge in [0.1, 0.15) is 11.6 Å². The van der Waals surface area contributed by atoms with Crippen LogP contribution in [0.3, 0.4) is 0 Å². The Morgan fingerprint density at radius 3 is 2.53 bits per heavy atom. The van der Waals surface area contributed by atoms with Gasteiger partial charge in [0.15, 0.2) is 0 Å². The summed E-state index contributed by atoms with van der Waals surface area (Å²) in [4.78, 5) is 0. The highest BCUT2D eigenvalue weighted by Crippen LogP contribution is 2.33. The first-order valence-corrected chi connectivity index (χ1v) is 6.57. The molecule has 0 amide bonds. The summed E-state index contributed by atoms with van der Waals surface area (Å²) < 4.78 is 20.1. The van der Waals surface area contributed by atoms with Crippen LogP contribution in [-0.2, 0) is 0 Å². The number of rotatable bonds is 3. The first-order chi connectivity index (χ1) is 8.13. The molecule has 1 heterocycles. The third kappa shape index (κ3) is 2.61. The molecule has 90 valence electrons. The Kier molecular flexibility index (Phi) is 4.01. The number of halogens is 3. The third-order valence-electron chi connectivity index (χ3n) is 2.47. The molecule has 2 nitrogen and oxygen atoms in total. The van der Waals surface area contributed by atoms with Crippen LogP contribution in [0.2, 0.25) is 0 Å². The summed E-state index contributed by atoms with van der Waals surface area (Å²) >= 11 is 6.78. The van der Waals surface area contributed by atoms with Crippen LogP contribution in [0.15, 0.2) is 43.9 Å². The van der Waals surface area contributed by atoms with Crippen molar-refractivity contribution in [1.29, 1.82) is 0 Å². The van der Waals surface area contributed by atoms with Gasteiger partial charge >= 0.3 is 0 Å². The molecule has 2 rings (SSSR count). The number of benzene rings is 1. The van der Waals surface area contributed by atoms with E-state index in [0.717, 1.165) is 15.8 Å². The van der Waals surface area contributed by atoms with Crippen LogP contribution in [-0.4, -0.2) is 7.05 Å². The molecule has 0 aliphatic carbocycles. The van der Waals surface area contributed by atoms with Crippen LogP contribution in [0.4, 0.5) is 4.39 Å². The van der Waals surface area contributed by atoms with E-state index in [1.807, 2.05) is 13.1 Å². The molecule has 0 saturated heterocycles. The van der Waals surface area contributed by atoms with Crippen molar-refractivity contribution in [1.82, 2.24) is 5.32 Å². The van der Waals surface area contributed by atoms with Crippen molar-refractivity contribution in [3.8, 4) is 0 Å². The van der Waals surface area contributed by atoms with Gasteiger partial charge in [-0.25, -0.2) is 4.39 Å². The minimum atomic E-state index is -0.269. The van der Waals surface area contributed by atoms with Gasteiger partial charge in [-0.3, -0.25) is 0 Å². The van der Waals surface area contributed by atoms with Gasteiger partial charge in [-0.05, 0) is 46.7 Å². The zero-order chi connectivity index (χ0) is 12.4. The maximum absolute atomic E-state index is 13.1. The fourth-order valence-corrected chi connectivity index (χ4v) is 2.68. The maximum atomic E-state index is 13.1. The van der Waals surface area contributed by atoms with Crippen molar-refractivity contribution in [3.05, 3.63) is 56.6 Å². The van der Waals surface area contributed by atoms with Crippen molar-refractivity contribution in [2.45, 2.75) is 6.04 Å². The van der Waals surface area contributed by atoms with Crippen LogP contribution in [0.5, 0.6) is 0 Å². The van der Waals surface area contributed by atoms with E-state index < -0.39 is 0 Å². The summed E-state index contributed by atoms with van der Waals surface area (Å²) in [6.45, 7) is 0. The van der Waals surface area contributed by atoms with Crippen LogP contribution >= 0.6 is 31.9 Å². The first kappa shape index (κ1) is 12.8. The molecule has 5 heteroatoms. The van der Waals surface area contributed by atoms with E-state index in [-0.39, 0.29) is 11.9 Å². The lowest BCUT2D eigenvalue weighted by Crippen LogP contribution is -2.18. The summed E-state index contributed by atoms with van der Waals surface area (Å²) in [5.74, 6) is 0.494. The summed E-state index contributed by atoms with van der Waals surface area (Å²) in [6, 6.07) is 6.30. The lowest BCUT2D eigenvalue weighted by Gasteiger charge is -2.16. The Bertz CT molecular complexity index is 527. The number of hydrogen-bond acceptors (Lipinski definition) is 2. The Labute approximate surface area is 115 Å². The molecule has 1 atom stereocenters. The van der Waals surface area contributed by atoms with Crippen molar-refractivity contribution in [3.63, 3.8) is 0 Å². The normalized spacial score (nSPS) is 12.7. The minimum absolute atomic E-state index is 0.130. The first-order valence-electron chi connectivity index (χ1n) is 4.98. The molecule has 0 saturated carbocycles. The van der Waals surface area contributed by atoms with Crippen LogP contribution < -0.4 is 5.32 Å². The van der Waals surface area contributed by atoms with Gasteiger partial charge in [0.2, 0.25) is 0 Å². The van der Waals surface area contributed by atoms with Crippen LogP contribution in [0.1, 0.15) is 17.4 Å². The Morgan fingerprint density at radius 2 is 2.00 bits per heavy atom. The molecule has 1 N–H and O–H groups in total. The van der Waals surface area contributed by atoms with Crippen LogP contribution in [0.25, 0.3) is 0 Å². The second-order valence-corrected chi connectivity index (χ2v) is 5.23. The van der Waals surface area contributed by atoms with Gasteiger partial charge in [0, 0.05) is 4.47 Å². The average Bonchev–Trinajstić information content (AvgIpc) is 2.69. The minimum Gasteiger partial charge on any atom is -0.466 e. The van der Waals surface area contributed by atoms with Crippen molar-refractivity contribution in [2.75, 3.05) is 7.05 Å². The quantitative estimate of drug-likeness (QED) is 0.882. The molecule has 1 unspecified atom stereocenters. The van der Waals surface area contributed by atoms with E-state index in [2.05, 4.69) is 37.2 Å². The summed E-state index contributed by atoms with van der Waals surface area (Å²) in [5, 5.41) is 3.15. The van der Waals surface area contributed by atoms with Gasteiger partial charge in [-0.1, -0.05) is 22.0 Å². The second-order valence-electron chi connectivity index (χ2n) is 3.52. The molecule has 0 aliphatic rings. The maximum Gasteiger partial charge on any atom is 0.139 e. The SMILES string of the molecule is CNC(c1ccc(F)cc1Br)c1occc1Br. The summed E-state index contributed by atoms with van der Waals surface area (Å²) in [7, 11) is 1.83. The summed E-state index contributed by atoms with van der Waals surface area (Å²) in [6.07, 6.45) is 1.61. The second kappa shape index (κ2) is 5.33. The van der Waals surface area contributed by atoms with Gasteiger partial charge < -0.3 is 9.73 Å². The number of nitrogens with one attached hydrogen (secondary N) is 1. The highest BCUT2D eigenvalue weighted by Gasteiger charge is 2.20. The molecular weight excluding hydrogens is 353 g/mol. The lowest BCUT2D eigenvalue weighted by molar-refractivity contribution is 0.460. The predicted molar refractivity (Wildman–Crippen MR) is 71.4 cm³/mol. The molecule has 1 aromatic heterocycles. The summed E-state index contributed by atoms with van der Waals surface area (Å²) in [5.41, 5.74) is 0.921. The molecule has 0 fully saturated rings. The number of furan rings is 1. The fraction of sp³-hybridized carbons (Fsp3) is 0.167. The van der Waals surface area contributed by atoms with Crippen molar-refractivity contribution >= 4 is 31.9 Å². The largest absolute Gasteiger partial charge is 0.466 e. The topological polar surface area (TPSA) is 25.2 Å². The highest BCUT2D eigenvalue weighted by molar-refractivity contribution is 9.10. The van der Waals surface area contributed by atoms with E-state index in [1.54, 1.807) is 12.3 Å². The average molecular weight is 363 g/mol.